The van der Waals surface area contributed by atoms with Gasteiger partial charge in [-0.05, 0) is 56.3 Å². The molecule has 4 rings (SSSR count). The van der Waals surface area contributed by atoms with Gasteiger partial charge in [-0.3, -0.25) is 0 Å². The van der Waals surface area contributed by atoms with Crippen molar-refractivity contribution in [2.75, 3.05) is 20.2 Å². The lowest BCUT2D eigenvalue weighted by Crippen LogP contribution is -2.40. The Morgan fingerprint density at radius 1 is 1.17 bits per heavy atom. The summed E-state index contributed by atoms with van der Waals surface area (Å²) in [6, 6.07) is 12.4. The number of aliphatic hydroxyl groups excluding tert-OH is 1. The summed E-state index contributed by atoms with van der Waals surface area (Å²) in [5, 5.41) is 15.0. The molecule has 1 aromatic heterocycles. The molecular weight excluding hydrogens is 371 g/mol. The molecule has 1 atom stereocenters. The Bertz CT molecular complexity index is 935. The van der Waals surface area contributed by atoms with Gasteiger partial charge in [0.25, 0.3) is 0 Å². The first-order valence-electron chi connectivity index (χ1n) is 10.3. The van der Waals surface area contributed by atoms with E-state index < -0.39 is 6.10 Å². The molecule has 0 bridgehead atoms. The maximum absolute atomic E-state index is 13.3. The van der Waals surface area contributed by atoms with Crippen molar-refractivity contribution >= 4 is 10.9 Å². The van der Waals surface area contributed by atoms with Crippen molar-refractivity contribution in [3.63, 3.8) is 0 Å². The number of hydrogen-bond donors (Lipinski definition) is 1. The van der Waals surface area contributed by atoms with Gasteiger partial charge < -0.3 is 19.3 Å². The summed E-state index contributed by atoms with van der Waals surface area (Å²) >= 11 is 0. The smallest absolute Gasteiger partial charge is 0.174 e. The van der Waals surface area contributed by atoms with Crippen molar-refractivity contribution in [2.45, 2.75) is 44.2 Å². The maximum atomic E-state index is 13.3. The van der Waals surface area contributed by atoms with E-state index in [9.17, 15) is 9.50 Å². The lowest BCUT2D eigenvalue weighted by molar-refractivity contribution is 0.0561. The normalized spacial score (nSPS) is 16.4. The highest BCUT2D eigenvalue weighted by Gasteiger charge is 2.20. The van der Waals surface area contributed by atoms with Crippen molar-refractivity contribution in [1.29, 1.82) is 0 Å². The number of nitrogens with zero attached hydrogens (tertiary/aromatic N) is 2. The first-order valence-corrected chi connectivity index (χ1v) is 10.3. The number of aromatic nitrogens is 1. The van der Waals surface area contributed by atoms with E-state index >= 15 is 0 Å². The van der Waals surface area contributed by atoms with Crippen molar-refractivity contribution in [3.8, 4) is 17.1 Å². The van der Waals surface area contributed by atoms with Crippen LogP contribution in [0.1, 0.15) is 32.1 Å². The molecule has 0 spiro atoms. The molecular formula is C23H27FN2O3. The number of hydrogen-bond acceptors (Lipinski definition) is 5. The zero-order valence-electron chi connectivity index (χ0n) is 16.7. The van der Waals surface area contributed by atoms with Crippen LogP contribution in [0, 0.1) is 5.82 Å². The van der Waals surface area contributed by atoms with Crippen LogP contribution >= 0.6 is 0 Å². The molecule has 0 unspecified atom stereocenters. The number of halogens is 1. The number of rotatable bonds is 7. The van der Waals surface area contributed by atoms with Crippen LogP contribution in [0.4, 0.5) is 4.39 Å². The number of benzene rings is 2. The van der Waals surface area contributed by atoms with E-state index in [4.69, 9.17) is 9.26 Å². The summed E-state index contributed by atoms with van der Waals surface area (Å²) in [4.78, 5) is 2.26. The Morgan fingerprint density at radius 2 is 1.93 bits per heavy atom. The number of aliphatic hydroxyl groups is 1. The first-order chi connectivity index (χ1) is 14.1. The van der Waals surface area contributed by atoms with Crippen LogP contribution < -0.4 is 4.74 Å². The van der Waals surface area contributed by atoms with Crippen LogP contribution in [-0.4, -0.2) is 47.5 Å². The average molecular weight is 398 g/mol. The third-order valence-electron chi connectivity index (χ3n) is 5.70. The molecule has 154 valence electrons. The summed E-state index contributed by atoms with van der Waals surface area (Å²) in [6.07, 6.45) is 5.79. The lowest BCUT2D eigenvalue weighted by Gasteiger charge is -2.32. The zero-order chi connectivity index (χ0) is 20.2. The van der Waals surface area contributed by atoms with Crippen LogP contribution in [0.5, 0.6) is 5.75 Å². The molecule has 29 heavy (non-hydrogen) atoms. The van der Waals surface area contributed by atoms with Gasteiger partial charge in [0.1, 0.15) is 29.8 Å². The minimum absolute atomic E-state index is 0.251. The monoisotopic (exact) mass is 398 g/mol. The van der Waals surface area contributed by atoms with E-state index in [1.807, 2.05) is 24.3 Å². The minimum Gasteiger partial charge on any atom is -0.491 e. The van der Waals surface area contributed by atoms with Gasteiger partial charge in [-0.1, -0.05) is 24.4 Å². The number of ether oxygens (including phenoxy) is 1. The topological polar surface area (TPSA) is 58.7 Å². The van der Waals surface area contributed by atoms with Gasteiger partial charge in [-0.25, -0.2) is 4.39 Å². The van der Waals surface area contributed by atoms with Crippen LogP contribution in [0.2, 0.25) is 0 Å². The quantitative estimate of drug-likeness (QED) is 0.628. The largest absolute Gasteiger partial charge is 0.491 e. The molecule has 3 aromatic rings. The highest BCUT2D eigenvalue weighted by atomic mass is 19.1. The molecule has 1 fully saturated rings. The third kappa shape index (κ3) is 4.77. The standard InChI is InChI=1S/C23H27FN2O3/c1-26(18-5-3-2-4-6-18)14-19(27)15-28-20-10-7-16(8-11-20)23-21-12-9-17(24)13-22(21)25-29-23/h7-13,18-19,27H,2-6,14-15H2,1H3/t19-/m0/s1. The predicted molar refractivity (Wildman–Crippen MR) is 110 cm³/mol. The van der Waals surface area contributed by atoms with E-state index in [0.29, 0.717) is 29.6 Å². The average Bonchev–Trinajstić information content (AvgIpc) is 3.16. The van der Waals surface area contributed by atoms with Crippen LogP contribution in [0.3, 0.4) is 0 Å². The number of fused-ring (bicyclic) bond motifs is 1. The van der Waals surface area contributed by atoms with Gasteiger partial charge in [0.15, 0.2) is 5.76 Å². The van der Waals surface area contributed by atoms with Crippen molar-refractivity contribution in [2.24, 2.45) is 0 Å². The Hall–Kier alpha value is -2.44. The van der Waals surface area contributed by atoms with Gasteiger partial charge >= 0.3 is 0 Å². The predicted octanol–water partition coefficient (Wildman–Crippen LogP) is 4.64. The molecule has 5 nitrogen and oxygen atoms in total. The van der Waals surface area contributed by atoms with Gasteiger partial charge in [-0.2, -0.15) is 0 Å². The van der Waals surface area contributed by atoms with Gasteiger partial charge in [0.05, 0.1) is 0 Å². The maximum Gasteiger partial charge on any atom is 0.174 e. The molecule has 1 aliphatic rings. The second-order valence-electron chi connectivity index (χ2n) is 7.89. The summed E-state index contributed by atoms with van der Waals surface area (Å²) in [6.45, 7) is 0.865. The Labute approximate surface area is 170 Å². The SMILES string of the molecule is CN(C[C@H](O)COc1ccc(-c2onc3cc(F)ccc23)cc1)C1CCCCC1. The van der Waals surface area contributed by atoms with Crippen molar-refractivity contribution < 1.29 is 18.8 Å². The fourth-order valence-corrected chi connectivity index (χ4v) is 4.08. The molecule has 0 amide bonds. The molecule has 0 radical (unpaired) electrons. The van der Waals surface area contributed by atoms with E-state index in [1.165, 1.54) is 44.2 Å². The molecule has 1 N–H and O–H groups in total. The Kier molecular flexibility index (Phi) is 6.11. The zero-order valence-corrected chi connectivity index (χ0v) is 16.7. The highest BCUT2D eigenvalue weighted by molar-refractivity contribution is 5.91. The van der Waals surface area contributed by atoms with E-state index in [0.717, 1.165) is 10.9 Å². The molecule has 1 aliphatic carbocycles. The molecule has 1 saturated carbocycles. The van der Waals surface area contributed by atoms with Crippen molar-refractivity contribution in [1.82, 2.24) is 10.1 Å². The van der Waals surface area contributed by atoms with Crippen LogP contribution in [0.25, 0.3) is 22.2 Å². The molecule has 1 heterocycles. The van der Waals surface area contributed by atoms with Gasteiger partial charge in [0, 0.05) is 29.6 Å². The van der Waals surface area contributed by atoms with E-state index in [1.54, 1.807) is 6.07 Å². The summed E-state index contributed by atoms with van der Waals surface area (Å²) in [7, 11) is 2.08. The minimum atomic E-state index is -0.533. The molecule has 2 aromatic carbocycles. The fourth-order valence-electron chi connectivity index (χ4n) is 4.08. The highest BCUT2D eigenvalue weighted by Crippen LogP contribution is 2.30. The van der Waals surface area contributed by atoms with Gasteiger partial charge in [0.2, 0.25) is 0 Å². The second-order valence-corrected chi connectivity index (χ2v) is 7.89. The fraction of sp³-hybridized carbons (Fsp3) is 0.435. The summed E-state index contributed by atoms with van der Waals surface area (Å²) < 4.78 is 24.5. The van der Waals surface area contributed by atoms with E-state index in [2.05, 4.69) is 17.1 Å². The van der Waals surface area contributed by atoms with Gasteiger partial charge in [-0.15, -0.1) is 0 Å². The summed E-state index contributed by atoms with van der Waals surface area (Å²) in [5.41, 5.74) is 1.33. The Morgan fingerprint density at radius 3 is 2.69 bits per heavy atom. The Balaban J connectivity index is 1.33. The van der Waals surface area contributed by atoms with Crippen LogP contribution in [-0.2, 0) is 0 Å². The molecule has 0 aliphatic heterocycles. The first kappa shape index (κ1) is 19.9. The molecule has 6 heteroatoms. The summed E-state index contributed by atoms with van der Waals surface area (Å²) in [5.74, 6) is 0.942. The number of likely N-dealkylation sites (N-methyl/N-ethyl adjacent to an activating group) is 1. The van der Waals surface area contributed by atoms with Crippen LogP contribution in [0.15, 0.2) is 47.0 Å². The molecule has 0 saturated heterocycles. The van der Waals surface area contributed by atoms with E-state index in [-0.39, 0.29) is 12.4 Å². The van der Waals surface area contributed by atoms with Crippen molar-refractivity contribution in [3.05, 3.63) is 48.3 Å². The second kappa shape index (κ2) is 8.93. The lowest BCUT2D eigenvalue weighted by atomic mass is 9.94. The third-order valence-corrected chi connectivity index (χ3v) is 5.70.